The van der Waals surface area contributed by atoms with E-state index in [1.165, 1.54) is 7.11 Å². The molecule has 5 nitrogen and oxygen atoms in total. The third-order valence-corrected chi connectivity index (χ3v) is 3.89. The third-order valence-electron chi connectivity index (χ3n) is 2.53. The molecule has 1 aromatic carbocycles. The van der Waals surface area contributed by atoms with E-state index < -0.39 is 10.0 Å². The summed E-state index contributed by atoms with van der Waals surface area (Å²) in [7, 11) is -1.81. The molecule has 1 aromatic rings. The van der Waals surface area contributed by atoms with Crippen LogP contribution in [0.15, 0.2) is 18.2 Å². The molecule has 3 N–H and O–H groups in total. The Labute approximate surface area is 108 Å². The van der Waals surface area contributed by atoms with Gasteiger partial charge in [0.05, 0.1) is 18.6 Å². The van der Waals surface area contributed by atoms with Crippen molar-refractivity contribution in [2.75, 3.05) is 17.6 Å². The minimum absolute atomic E-state index is 0.116. The number of nitrogens with two attached hydrogens (primary N) is 1. The number of hydrogen-bond acceptors (Lipinski definition) is 4. The fraction of sp³-hybridized carbons (Fsp3) is 0.500. The van der Waals surface area contributed by atoms with E-state index in [0.717, 1.165) is 12.0 Å². The molecule has 0 atom stereocenters. The Balaban J connectivity index is 2.90. The first-order valence-corrected chi connectivity index (χ1v) is 7.55. The minimum Gasteiger partial charge on any atom is -0.495 e. The van der Waals surface area contributed by atoms with Gasteiger partial charge in [0.25, 0.3) is 0 Å². The van der Waals surface area contributed by atoms with E-state index in [2.05, 4.69) is 4.72 Å². The molecular weight excluding hydrogens is 252 g/mol. The molecule has 18 heavy (non-hydrogen) atoms. The molecule has 0 spiro atoms. The van der Waals surface area contributed by atoms with Crippen molar-refractivity contribution in [3.8, 4) is 5.75 Å². The molecule has 6 heteroatoms. The van der Waals surface area contributed by atoms with Gasteiger partial charge in [-0.25, -0.2) is 8.42 Å². The van der Waals surface area contributed by atoms with Crippen molar-refractivity contribution >= 4 is 15.7 Å². The van der Waals surface area contributed by atoms with Gasteiger partial charge in [-0.2, -0.15) is 0 Å². The van der Waals surface area contributed by atoms with E-state index in [1.54, 1.807) is 18.2 Å². The molecule has 1 rings (SSSR count). The summed E-state index contributed by atoms with van der Waals surface area (Å²) in [5.41, 5.74) is 6.86. The average Bonchev–Trinajstić information content (AvgIpc) is 2.36. The summed E-state index contributed by atoms with van der Waals surface area (Å²) >= 11 is 0. The SMILES string of the molecule is CCCCS(=O)(=O)Nc1ccc(CN)cc1OC. The summed E-state index contributed by atoms with van der Waals surface area (Å²) in [6, 6.07) is 5.18. The lowest BCUT2D eigenvalue weighted by Crippen LogP contribution is -2.17. The number of anilines is 1. The van der Waals surface area contributed by atoms with Gasteiger partial charge in [0.15, 0.2) is 0 Å². The van der Waals surface area contributed by atoms with Crippen LogP contribution in [0.2, 0.25) is 0 Å². The van der Waals surface area contributed by atoms with Crippen LogP contribution in [0.4, 0.5) is 5.69 Å². The topological polar surface area (TPSA) is 81.4 Å². The molecule has 0 aromatic heterocycles. The first-order valence-electron chi connectivity index (χ1n) is 5.90. The smallest absolute Gasteiger partial charge is 0.232 e. The number of rotatable bonds is 7. The summed E-state index contributed by atoms with van der Waals surface area (Å²) in [5, 5.41) is 0. The summed E-state index contributed by atoms with van der Waals surface area (Å²) in [5.74, 6) is 0.601. The minimum atomic E-state index is -3.31. The van der Waals surface area contributed by atoms with E-state index in [4.69, 9.17) is 10.5 Å². The van der Waals surface area contributed by atoms with Crippen molar-refractivity contribution in [1.82, 2.24) is 0 Å². The Morgan fingerprint density at radius 2 is 2.11 bits per heavy atom. The number of nitrogens with one attached hydrogen (secondary N) is 1. The van der Waals surface area contributed by atoms with Gasteiger partial charge in [0, 0.05) is 6.54 Å². The largest absolute Gasteiger partial charge is 0.495 e. The van der Waals surface area contributed by atoms with Crippen LogP contribution in [0.25, 0.3) is 0 Å². The van der Waals surface area contributed by atoms with Crippen LogP contribution >= 0.6 is 0 Å². The molecule has 0 unspecified atom stereocenters. The maximum absolute atomic E-state index is 11.8. The molecule has 0 aliphatic rings. The first kappa shape index (κ1) is 14.8. The van der Waals surface area contributed by atoms with Crippen molar-refractivity contribution in [1.29, 1.82) is 0 Å². The molecule has 0 aliphatic carbocycles. The van der Waals surface area contributed by atoms with Crippen molar-refractivity contribution in [2.24, 2.45) is 5.73 Å². The molecule has 0 saturated carbocycles. The Bertz CT molecular complexity index is 486. The van der Waals surface area contributed by atoms with E-state index in [9.17, 15) is 8.42 Å². The summed E-state index contributed by atoms with van der Waals surface area (Å²) in [6.45, 7) is 2.34. The van der Waals surface area contributed by atoms with Crippen LogP contribution in [0, 0.1) is 0 Å². The highest BCUT2D eigenvalue weighted by atomic mass is 32.2. The van der Waals surface area contributed by atoms with Crippen LogP contribution in [-0.4, -0.2) is 21.3 Å². The molecule has 0 saturated heterocycles. The maximum Gasteiger partial charge on any atom is 0.232 e. The Hall–Kier alpha value is -1.27. The Morgan fingerprint density at radius 1 is 1.39 bits per heavy atom. The Morgan fingerprint density at radius 3 is 2.67 bits per heavy atom. The standard InChI is InChI=1S/C12H20N2O3S/c1-3-4-7-18(15,16)14-11-6-5-10(9-13)8-12(11)17-2/h5-6,8,14H,3-4,7,9,13H2,1-2H3. The van der Waals surface area contributed by atoms with Crippen LogP contribution in [0.1, 0.15) is 25.3 Å². The predicted molar refractivity (Wildman–Crippen MR) is 73.2 cm³/mol. The van der Waals surface area contributed by atoms with Crippen molar-refractivity contribution < 1.29 is 13.2 Å². The highest BCUT2D eigenvalue weighted by molar-refractivity contribution is 7.92. The van der Waals surface area contributed by atoms with Crippen molar-refractivity contribution in [2.45, 2.75) is 26.3 Å². The highest BCUT2D eigenvalue weighted by Gasteiger charge is 2.13. The zero-order valence-corrected chi connectivity index (χ0v) is 11.6. The molecule has 0 radical (unpaired) electrons. The molecule has 0 bridgehead atoms. The van der Waals surface area contributed by atoms with Gasteiger partial charge in [-0.1, -0.05) is 19.4 Å². The van der Waals surface area contributed by atoms with Gasteiger partial charge in [-0.3, -0.25) is 4.72 Å². The van der Waals surface area contributed by atoms with E-state index in [-0.39, 0.29) is 5.75 Å². The molecule has 0 heterocycles. The monoisotopic (exact) mass is 272 g/mol. The quantitative estimate of drug-likeness (QED) is 0.791. The molecule has 102 valence electrons. The lowest BCUT2D eigenvalue weighted by atomic mass is 10.2. The maximum atomic E-state index is 11.8. The lowest BCUT2D eigenvalue weighted by molar-refractivity contribution is 0.416. The van der Waals surface area contributed by atoms with Crippen LogP contribution in [0.3, 0.4) is 0 Å². The summed E-state index contributed by atoms with van der Waals surface area (Å²) < 4.78 is 31.3. The van der Waals surface area contributed by atoms with Gasteiger partial charge in [-0.05, 0) is 24.1 Å². The van der Waals surface area contributed by atoms with Gasteiger partial charge in [0.2, 0.25) is 10.0 Å². The fourth-order valence-corrected chi connectivity index (χ4v) is 2.77. The second kappa shape index (κ2) is 6.61. The van der Waals surface area contributed by atoms with Crippen LogP contribution in [-0.2, 0) is 16.6 Å². The van der Waals surface area contributed by atoms with Crippen molar-refractivity contribution in [3.05, 3.63) is 23.8 Å². The van der Waals surface area contributed by atoms with Gasteiger partial charge >= 0.3 is 0 Å². The number of unbranched alkanes of at least 4 members (excludes halogenated alkanes) is 1. The number of benzene rings is 1. The number of methoxy groups -OCH3 is 1. The van der Waals surface area contributed by atoms with Gasteiger partial charge in [-0.15, -0.1) is 0 Å². The number of sulfonamides is 1. The summed E-state index contributed by atoms with van der Waals surface area (Å²) in [6.07, 6.45) is 1.47. The van der Waals surface area contributed by atoms with E-state index in [1.807, 2.05) is 6.92 Å². The zero-order chi connectivity index (χ0) is 13.6. The van der Waals surface area contributed by atoms with Crippen LogP contribution in [0.5, 0.6) is 5.75 Å². The molecule has 0 amide bonds. The molecule has 0 fully saturated rings. The van der Waals surface area contributed by atoms with Crippen LogP contribution < -0.4 is 15.2 Å². The normalized spacial score (nSPS) is 11.3. The first-order chi connectivity index (χ1) is 8.52. The molecule has 0 aliphatic heterocycles. The Kier molecular flexibility index (Phi) is 5.43. The summed E-state index contributed by atoms with van der Waals surface area (Å²) in [4.78, 5) is 0. The van der Waals surface area contributed by atoms with E-state index >= 15 is 0 Å². The lowest BCUT2D eigenvalue weighted by Gasteiger charge is -2.12. The second-order valence-electron chi connectivity index (χ2n) is 4.01. The van der Waals surface area contributed by atoms with Gasteiger partial charge in [0.1, 0.15) is 5.75 Å². The van der Waals surface area contributed by atoms with Gasteiger partial charge < -0.3 is 10.5 Å². The number of ether oxygens (including phenoxy) is 1. The zero-order valence-electron chi connectivity index (χ0n) is 10.8. The second-order valence-corrected chi connectivity index (χ2v) is 5.86. The molecular formula is C12H20N2O3S. The average molecular weight is 272 g/mol. The predicted octanol–water partition coefficient (Wildman–Crippen LogP) is 1.70. The fourth-order valence-electron chi connectivity index (χ4n) is 1.50. The van der Waals surface area contributed by atoms with Crippen molar-refractivity contribution in [3.63, 3.8) is 0 Å². The van der Waals surface area contributed by atoms with E-state index in [0.29, 0.717) is 24.4 Å². The highest BCUT2D eigenvalue weighted by Crippen LogP contribution is 2.26. The number of hydrogen-bond donors (Lipinski definition) is 2. The third kappa shape index (κ3) is 4.19.